The average molecular weight is 619 g/mol. The first-order chi connectivity index (χ1) is 22.2. The molecule has 238 valence electrons. The van der Waals surface area contributed by atoms with Gasteiger partial charge in [-0.15, -0.1) is 0 Å². The number of urea groups is 1. The molecular weight excluding hydrogens is 576 g/mol. The Hall–Kier alpha value is -4.92. The van der Waals surface area contributed by atoms with Crippen LogP contribution < -0.4 is 26.2 Å². The fourth-order valence-electron chi connectivity index (χ4n) is 5.26. The maximum atomic E-state index is 12.5. The summed E-state index contributed by atoms with van der Waals surface area (Å²) in [6.45, 7) is 8.30. The number of hydrogen-bond acceptors (Lipinski definition) is 5. The van der Waals surface area contributed by atoms with E-state index in [1.54, 1.807) is 12.1 Å². The third kappa shape index (κ3) is 8.84. The number of ether oxygens (including phenoxy) is 1. The van der Waals surface area contributed by atoms with Gasteiger partial charge in [0.2, 0.25) is 5.56 Å². The molecule has 0 saturated heterocycles. The number of H-pyrrole nitrogens is 1. The zero-order valence-electron chi connectivity index (χ0n) is 26.6. The lowest BCUT2D eigenvalue weighted by Crippen LogP contribution is -2.28. The van der Waals surface area contributed by atoms with Crippen molar-refractivity contribution in [3.8, 4) is 5.75 Å². The third-order valence-corrected chi connectivity index (χ3v) is 7.87. The van der Waals surface area contributed by atoms with Crippen molar-refractivity contribution in [1.82, 2.24) is 15.6 Å². The van der Waals surface area contributed by atoms with E-state index in [-0.39, 0.29) is 17.0 Å². The van der Waals surface area contributed by atoms with E-state index in [2.05, 4.69) is 53.8 Å². The summed E-state index contributed by atoms with van der Waals surface area (Å²) in [6.07, 6.45) is -0.0810. The molecule has 1 atom stereocenters. The number of aliphatic hydroxyl groups excluding tert-OH is 1. The standard InChI is InChI=1S/C38H42N4O4/c1-38(2,3)29-14-12-27(13-15-29)23-40-37(45)41-30-11-7-10-26(22-30)20-21-39-24-33(43)31-16-18-34(36-32(31)17-19-35(44)42-36)46-25-28-8-5-4-6-9-28/h4-19,22,33,39,43H,20-21,23-25H2,1-3H3,(H,42,44)(H2,40,41,45). The predicted octanol–water partition coefficient (Wildman–Crippen LogP) is 6.59. The van der Waals surface area contributed by atoms with E-state index in [0.29, 0.717) is 55.2 Å². The SMILES string of the molecule is CC(C)(C)c1ccc(CNC(=O)Nc2cccc(CCNCC(O)c3ccc(OCc4ccccc4)c4[nH]c(=O)ccc34)c2)cc1. The lowest BCUT2D eigenvalue weighted by molar-refractivity contribution is 0.176. The minimum absolute atomic E-state index is 0.0895. The Kier molecular flexibility index (Phi) is 10.5. The molecule has 0 fully saturated rings. The molecule has 0 spiro atoms. The van der Waals surface area contributed by atoms with Crippen molar-refractivity contribution < 1.29 is 14.6 Å². The van der Waals surface area contributed by atoms with E-state index in [9.17, 15) is 14.7 Å². The van der Waals surface area contributed by atoms with Gasteiger partial charge in [0, 0.05) is 30.2 Å². The molecule has 4 aromatic carbocycles. The Morgan fingerprint density at radius 3 is 2.39 bits per heavy atom. The van der Waals surface area contributed by atoms with Gasteiger partial charge in [-0.05, 0) is 70.5 Å². The van der Waals surface area contributed by atoms with Crippen LogP contribution in [0.1, 0.15) is 54.7 Å². The summed E-state index contributed by atoms with van der Waals surface area (Å²) in [5, 5.41) is 21.0. The molecule has 1 heterocycles. The summed E-state index contributed by atoms with van der Waals surface area (Å²) < 4.78 is 6.03. The Labute approximate surface area is 269 Å². The molecule has 0 aliphatic carbocycles. The van der Waals surface area contributed by atoms with Crippen LogP contribution in [-0.4, -0.2) is 29.2 Å². The van der Waals surface area contributed by atoms with Gasteiger partial charge in [-0.1, -0.05) is 93.6 Å². The fraction of sp³-hybridized carbons (Fsp3) is 0.263. The molecule has 0 bridgehead atoms. The van der Waals surface area contributed by atoms with Crippen molar-refractivity contribution in [2.45, 2.75) is 51.9 Å². The normalized spacial score (nSPS) is 12.1. The van der Waals surface area contributed by atoms with Gasteiger partial charge in [0.15, 0.2) is 0 Å². The highest BCUT2D eigenvalue weighted by Gasteiger charge is 2.16. The van der Waals surface area contributed by atoms with E-state index in [1.165, 1.54) is 11.6 Å². The number of anilines is 1. The highest BCUT2D eigenvalue weighted by atomic mass is 16.5. The quantitative estimate of drug-likeness (QED) is 0.101. The molecule has 8 nitrogen and oxygen atoms in total. The fourth-order valence-corrected chi connectivity index (χ4v) is 5.26. The number of carbonyl (C=O) groups is 1. The van der Waals surface area contributed by atoms with Crippen LogP contribution in [0.5, 0.6) is 5.75 Å². The average Bonchev–Trinajstić information content (AvgIpc) is 3.05. The Morgan fingerprint density at radius 2 is 1.63 bits per heavy atom. The van der Waals surface area contributed by atoms with Crippen LogP contribution in [0.15, 0.2) is 108 Å². The monoisotopic (exact) mass is 618 g/mol. The van der Waals surface area contributed by atoms with E-state index in [4.69, 9.17) is 4.74 Å². The van der Waals surface area contributed by atoms with Gasteiger partial charge in [-0.25, -0.2) is 4.79 Å². The molecule has 0 saturated carbocycles. The van der Waals surface area contributed by atoms with Crippen LogP contribution in [0.3, 0.4) is 0 Å². The summed E-state index contributed by atoms with van der Waals surface area (Å²) in [6, 6.07) is 32.4. The minimum atomic E-state index is -0.794. The first-order valence-electron chi connectivity index (χ1n) is 15.6. The van der Waals surface area contributed by atoms with Crippen LogP contribution in [0.25, 0.3) is 10.9 Å². The summed E-state index contributed by atoms with van der Waals surface area (Å²) in [5.41, 5.74) is 6.21. The van der Waals surface area contributed by atoms with Gasteiger partial charge in [-0.2, -0.15) is 0 Å². The molecule has 5 rings (SSSR count). The van der Waals surface area contributed by atoms with Crippen molar-refractivity contribution in [3.05, 3.63) is 141 Å². The number of aliphatic hydroxyl groups is 1. The first kappa shape index (κ1) is 32.5. The molecule has 5 aromatic rings. The second-order valence-electron chi connectivity index (χ2n) is 12.5. The van der Waals surface area contributed by atoms with Crippen molar-refractivity contribution in [2.24, 2.45) is 0 Å². The largest absolute Gasteiger partial charge is 0.487 e. The van der Waals surface area contributed by atoms with Crippen molar-refractivity contribution >= 4 is 22.6 Å². The molecule has 46 heavy (non-hydrogen) atoms. The Balaban J connectivity index is 1.11. The maximum Gasteiger partial charge on any atom is 0.319 e. The molecule has 2 amide bonds. The van der Waals surface area contributed by atoms with Crippen LogP contribution in [0.4, 0.5) is 10.5 Å². The minimum Gasteiger partial charge on any atom is -0.487 e. The second kappa shape index (κ2) is 14.9. The zero-order valence-corrected chi connectivity index (χ0v) is 26.6. The number of hydrogen-bond donors (Lipinski definition) is 5. The molecule has 1 aromatic heterocycles. The van der Waals surface area contributed by atoms with Crippen molar-refractivity contribution in [2.75, 3.05) is 18.4 Å². The van der Waals surface area contributed by atoms with Crippen LogP contribution >= 0.6 is 0 Å². The number of rotatable bonds is 12. The molecular formula is C38H42N4O4. The van der Waals surface area contributed by atoms with Gasteiger partial charge >= 0.3 is 6.03 Å². The van der Waals surface area contributed by atoms with Crippen LogP contribution in [-0.2, 0) is 25.0 Å². The van der Waals surface area contributed by atoms with Gasteiger partial charge in [-0.3, -0.25) is 4.79 Å². The molecule has 8 heteroatoms. The molecule has 0 aliphatic rings. The first-order valence-corrected chi connectivity index (χ1v) is 15.6. The van der Waals surface area contributed by atoms with Crippen molar-refractivity contribution in [3.63, 3.8) is 0 Å². The van der Waals surface area contributed by atoms with E-state index in [0.717, 1.165) is 22.1 Å². The predicted molar refractivity (Wildman–Crippen MR) is 184 cm³/mol. The molecule has 5 N–H and O–H groups in total. The molecule has 1 unspecified atom stereocenters. The second-order valence-corrected chi connectivity index (χ2v) is 12.5. The summed E-state index contributed by atoms with van der Waals surface area (Å²) in [5.74, 6) is 0.553. The van der Waals surface area contributed by atoms with Crippen molar-refractivity contribution in [1.29, 1.82) is 0 Å². The van der Waals surface area contributed by atoms with Gasteiger partial charge in [0.1, 0.15) is 12.4 Å². The maximum absolute atomic E-state index is 12.5. The number of amides is 2. The summed E-state index contributed by atoms with van der Waals surface area (Å²) in [4.78, 5) is 27.5. The van der Waals surface area contributed by atoms with E-state index < -0.39 is 6.10 Å². The highest BCUT2D eigenvalue weighted by molar-refractivity contribution is 5.89. The van der Waals surface area contributed by atoms with Gasteiger partial charge in [0.05, 0.1) is 11.6 Å². The topological polar surface area (TPSA) is 115 Å². The third-order valence-electron chi connectivity index (χ3n) is 7.87. The smallest absolute Gasteiger partial charge is 0.319 e. The lowest BCUT2D eigenvalue weighted by atomic mass is 9.87. The van der Waals surface area contributed by atoms with Crippen LogP contribution in [0.2, 0.25) is 0 Å². The zero-order chi connectivity index (χ0) is 32.5. The number of pyridine rings is 1. The number of carbonyl (C=O) groups excluding carboxylic acids is 1. The number of aromatic amines is 1. The lowest BCUT2D eigenvalue weighted by Gasteiger charge is -2.19. The van der Waals surface area contributed by atoms with E-state index in [1.807, 2.05) is 72.8 Å². The van der Waals surface area contributed by atoms with Gasteiger partial charge in [0.25, 0.3) is 0 Å². The number of aromatic nitrogens is 1. The Bertz CT molecular complexity index is 1810. The number of nitrogens with one attached hydrogen (secondary N) is 4. The summed E-state index contributed by atoms with van der Waals surface area (Å²) >= 11 is 0. The molecule has 0 radical (unpaired) electrons. The molecule has 0 aliphatic heterocycles. The number of fused-ring (bicyclic) bond motifs is 1. The van der Waals surface area contributed by atoms with Crippen LogP contribution in [0, 0.1) is 0 Å². The number of benzene rings is 4. The van der Waals surface area contributed by atoms with E-state index >= 15 is 0 Å². The summed E-state index contributed by atoms with van der Waals surface area (Å²) in [7, 11) is 0. The van der Waals surface area contributed by atoms with Gasteiger partial charge < -0.3 is 30.8 Å². The highest BCUT2D eigenvalue weighted by Crippen LogP contribution is 2.30. The Morgan fingerprint density at radius 1 is 0.870 bits per heavy atom.